The molecule has 2 N–H and O–H groups in total. The molecular weight excluding hydrogens is 462 g/mol. The Morgan fingerprint density at radius 2 is 1.89 bits per heavy atom. The van der Waals surface area contributed by atoms with Gasteiger partial charge in [0.1, 0.15) is 6.04 Å². The maximum absolute atomic E-state index is 13.1. The van der Waals surface area contributed by atoms with E-state index < -0.39 is 17.9 Å². The summed E-state index contributed by atoms with van der Waals surface area (Å²) >= 11 is 0. The molecule has 0 radical (unpaired) electrons. The first-order valence-corrected chi connectivity index (χ1v) is 12.5. The molecule has 1 saturated heterocycles. The first-order valence-electron chi connectivity index (χ1n) is 12.5. The van der Waals surface area contributed by atoms with Crippen LogP contribution in [0.15, 0.2) is 47.6 Å². The number of primary amides is 1. The molecule has 194 valence electrons. The molecule has 2 heterocycles. The van der Waals surface area contributed by atoms with Gasteiger partial charge in [0.25, 0.3) is 5.91 Å². The van der Waals surface area contributed by atoms with E-state index in [9.17, 15) is 14.4 Å². The summed E-state index contributed by atoms with van der Waals surface area (Å²) in [4.78, 5) is 40.6. The molecule has 2 aliphatic heterocycles. The third-order valence-electron chi connectivity index (χ3n) is 7.05. The number of nitrogens with two attached hydrogens (primary N) is 1. The Bertz CT molecular complexity index is 1010. The number of carbonyl (C=O) groups excluding carboxylic acids is 3. The average Bonchev–Trinajstić information content (AvgIpc) is 3.23. The van der Waals surface area contributed by atoms with Crippen LogP contribution in [0, 0.1) is 0 Å². The van der Waals surface area contributed by atoms with Gasteiger partial charge in [-0.1, -0.05) is 36.4 Å². The van der Waals surface area contributed by atoms with Crippen molar-refractivity contribution in [2.45, 2.75) is 44.4 Å². The zero-order chi connectivity index (χ0) is 25.5. The molecule has 0 spiro atoms. The van der Waals surface area contributed by atoms with Crippen LogP contribution in [0.25, 0.3) is 0 Å². The summed E-state index contributed by atoms with van der Waals surface area (Å²) in [5, 5.41) is 0. The first-order chi connectivity index (χ1) is 17.5. The van der Waals surface area contributed by atoms with E-state index >= 15 is 0 Å². The fraction of sp³-hybridized carbons (Fsp3) is 0.519. The van der Waals surface area contributed by atoms with E-state index in [1.807, 2.05) is 6.08 Å². The fourth-order valence-corrected chi connectivity index (χ4v) is 4.88. The minimum atomic E-state index is -0.874. The van der Waals surface area contributed by atoms with Crippen LogP contribution in [0.5, 0.6) is 0 Å². The molecule has 0 bridgehead atoms. The van der Waals surface area contributed by atoms with Crippen LogP contribution < -0.4 is 5.73 Å². The van der Waals surface area contributed by atoms with Crippen LogP contribution in [0.1, 0.15) is 30.4 Å². The van der Waals surface area contributed by atoms with E-state index in [1.165, 1.54) is 17.6 Å². The fourth-order valence-electron chi connectivity index (χ4n) is 4.88. The highest BCUT2D eigenvalue weighted by atomic mass is 16.5. The van der Waals surface area contributed by atoms with E-state index in [1.54, 1.807) is 6.08 Å². The van der Waals surface area contributed by atoms with Gasteiger partial charge in [-0.15, -0.1) is 0 Å². The molecule has 1 aliphatic carbocycles. The number of carbonyl (C=O) groups is 3. The number of hydrogen-bond donors (Lipinski definition) is 1. The standard InChI is InChI=1S/C27H35N3O6/c1-34-25(31)10-9-23(26(28)32)30-17-22-21(27(30)33)3-2-4-24(22)36-18-20-7-5-19(6-8-20)11-12-29-13-15-35-16-14-29/h2-3,5-8,23-24H,4,9-18H2,1H3,(H2,28,32). The quantitative estimate of drug-likeness (QED) is 0.460. The molecule has 3 aliphatic rings. The van der Waals surface area contributed by atoms with Gasteiger partial charge in [0, 0.05) is 38.2 Å². The summed E-state index contributed by atoms with van der Waals surface area (Å²) in [6.45, 7) is 5.32. The van der Waals surface area contributed by atoms with E-state index in [-0.39, 0.29) is 31.4 Å². The Hall–Kier alpha value is -3.01. The lowest BCUT2D eigenvalue weighted by Gasteiger charge is -2.26. The summed E-state index contributed by atoms with van der Waals surface area (Å²) in [7, 11) is 1.29. The van der Waals surface area contributed by atoms with Crippen LogP contribution in [0.4, 0.5) is 0 Å². The monoisotopic (exact) mass is 497 g/mol. The van der Waals surface area contributed by atoms with Crippen LogP contribution in [-0.4, -0.2) is 86.2 Å². The number of benzene rings is 1. The third kappa shape index (κ3) is 6.40. The number of morpholine rings is 1. The van der Waals surface area contributed by atoms with Crippen LogP contribution in [0.3, 0.4) is 0 Å². The second-order valence-corrected chi connectivity index (χ2v) is 9.36. The number of esters is 1. The third-order valence-corrected chi connectivity index (χ3v) is 7.05. The lowest BCUT2D eigenvalue weighted by Crippen LogP contribution is -2.46. The van der Waals surface area contributed by atoms with E-state index in [0.29, 0.717) is 18.6 Å². The molecular formula is C27H35N3O6. The first kappa shape index (κ1) is 26.1. The molecule has 2 unspecified atom stereocenters. The average molecular weight is 498 g/mol. The molecule has 1 fully saturated rings. The topological polar surface area (TPSA) is 111 Å². The largest absolute Gasteiger partial charge is 0.469 e. The molecule has 1 aromatic rings. The van der Waals surface area contributed by atoms with E-state index in [0.717, 1.165) is 50.4 Å². The molecule has 9 heteroatoms. The minimum absolute atomic E-state index is 0.0107. The van der Waals surface area contributed by atoms with Gasteiger partial charge < -0.3 is 24.8 Å². The number of hydrogen-bond acceptors (Lipinski definition) is 7. The molecule has 9 nitrogen and oxygen atoms in total. The number of amides is 2. The van der Waals surface area contributed by atoms with Crippen molar-refractivity contribution in [1.82, 2.24) is 9.80 Å². The molecule has 4 rings (SSSR count). The van der Waals surface area contributed by atoms with Crippen molar-refractivity contribution in [2.24, 2.45) is 5.73 Å². The Kier molecular flexibility index (Phi) is 8.90. The highest BCUT2D eigenvalue weighted by Crippen LogP contribution is 2.32. The minimum Gasteiger partial charge on any atom is -0.469 e. The lowest BCUT2D eigenvalue weighted by molar-refractivity contribution is -0.142. The maximum atomic E-state index is 13.1. The van der Waals surface area contributed by atoms with Crippen LogP contribution >= 0.6 is 0 Å². The number of ether oxygens (including phenoxy) is 3. The van der Waals surface area contributed by atoms with Crippen molar-refractivity contribution in [3.8, 4) is 0 Å². The zero-order valence-corrected chi connectivity index (χ0v) is 20.8. The highest BCUT2D eigenvalue weighted by molar-refractivity contribution is 6.02. The summed E-state index contributed by atoms with van der Waals surface area (Å²) in [6, 6.07) is 7.59. The lowest BCUT2D eigenvalue weighted by atomic mass is 9.97. The second kappa shape index (κ2) is 12.3. The molecule has 0 aromatic heterocycles. The van der Waals surface area contributed by atoms with Gasteiger partial charge in [-0.05, 0) is 36.0 Å². The van der Waals surface area contributed by atoms with Crippen molar-refractivity contribution in [2.75, 3.05) is 46.5 Å². The van der Waals surface area contributed by atoms with Crippen molar-refractivity contribution < 1.29 is 28.6 Å². The maximum Gasteiger partial charge on any atom is 0.305 e. The van der Waals surface area contributed by atoms with Gasteiger partial charge in [0.15, 0.2) is 0 Å². The molecule has 0 saturated carbocycles. The SMILES string of the molecule is COC(=O)CCC(C(N)=O)N1CC2=C(C=CCC2OCc2ccc(CCN3CCOCC3)cc2)C1=O. The van der Waals surface area contributed by atoms with Gasteiger partial charge in [-0.25, -0.2) is 0 Å². The van der Waals surface area contributed by atoms with Gasteiger partial charge in [0.05, 0.1) is 33.0 Å². The summed E-state index contributed by atoms with van der Waals surface area (Å²) in [5.41, 5.74) is 9.34. The van der Waals surface area contributed by atoms with Gasteiger partial charge >= 0.3 is 5.97 Å². The Morgan fingerprint density at radius 1 is 1.17 bits per heavy atom. The summed E-state index contributed by atoms with van der Waals surface area (Å²) < 4.78 is 16.3. The predicted molar refractivity (Wildman–Crippen MR) is 133 cm³/mol. The summed E-state index contributed by atoms with van der Waals surface area (Å²) in [5.74, 6) is -1.34. The second-order valence-electron chi connectivity index (χ2n) is 9.36. The van der Waals surface area contributed by atoms with Gasteiger partial charge in [-0.2, -0.15) is 0 Å². The Morgan fingerprint density at radius 3 is 2.58 bits per heavy atom. The van der Waals surface area contributed by atoms with Crippen LogP contribution in [0.2, 0.25) is 0 Å². The predicted octanol–water partition coefficient (Wildman–Crippen LogP) is 1.35. The smallest absolute Gasteiger partial charge is 0.305 e. The normalized spacial score (nSPS) is 21.0. The van der Waals surface area contributed by atoms with Gasteiger partial charge in [-0.3, -0.25) is 19.3 Å². The molecule has 36 heavy (non-hydrogen) atoms. The van der Waals surface area contributed by atoms with Crippen molar-refractivity contribution in [3.05, 3.63) is 58.7 Å². The van der Waals surface area contributed by atoms with E-state index in [2.05, 4.69) is 33.9 Å². The molecule has 2 amide bonds. The van der Waals surface area contributed by atoms with Crippen LogP contribution in [-0.2, 0) is 41.6 Å². The zero-order valence-electron chi connectivity index (χ0n) is 20.8. The number of methoxy groups -OCH3 is 1. The van der Waals surface area contributed by atoms with Crippen molar-refractivity contribution in [1.29, 1.82) is 0 Å². The molecule has 2 atom stereocenters. The number of rotatable bonds is 11. The van der Waals surface area contributed by atoms with Crippen molar-refractivity contribution >= 4 is 17.8 Å². The number of nitrogens with zero attached hydrogens (tertiary/aromatic N) is 2. The van der Waals surface area contributed by atoms with E-state index in [4.69, 9.17) is 15.2 Å². The molecule has 1 aromatic carbocycles. The van der Waals surface area contributed by atoms with Crippen molar-refractivity contribution in [3.63, 3.8) is 0 Å². The highest BCUT2D eigenvalue weighted by Gasteiger charge is 2.40. The summed E-state index contributed by atoms with van der Waals surface area (Å²) in [6.07, 6.45) is 5.25. The van der Waals surface area contributed by atoms with Gasteiger partial charge in [0.2, 0.25) is 5.91 Å². The Labute approximate surface area is 211 Å². The Balaban J connectivity index is 1.32.